The summed E-state index contributed by atoms with van der Waals surface area (Å²) in [6.07, 6.45) is 0. The molecule has 0 aliphatic carbocycles. The summed E-state index contributed by atoms with van der Waals surface area (Å²) in [4.78, 5) is 24.5. The molecule has 0 unspecified atom stereocenters. The van der Waals surface area contributed by atoms with Gasteiger partial charge in [-0.05, 0) is 60.9 Å². The van der Waals surface area contributed by atoms with Crippen LogP contribution < -0.4 is 15.4 Å². The molecule has 0 bridgehead atoms. The van der Waals surface area contributed by atoms with E-state index in [-0.39, 0.29) is 18.4 Å². The van der Waals surface area contributed by atoms with Crippen molar-refractivity contribution in [2.75, 3.05) is 11.9 Å². The van der Waals surface area contributed by atoms with Crippen molar-refractivity contribution in [2.24, 2.45) is 0 Å². The fourth-order valence-electron chi connectivity index (χ4n) is 2.81. The lowest BCUT2D eigenvalue weighted by Crippen LogP contribution is -2.28. The SMILES string of the molecule is Cc1ccc(C)c(OCC(=O)NCc2cccc(C(=O)Nc3ccccc3)c2)c1. The Morgan fingerprint density at radius 2 is 1.69 bits per heavy atom. The fraction of sp³-hybridized carbons (Fsp3) is 0.167. The molecule has 5 nitrogen and oxygen atoms in total. The first-order valence-electron chi connectivity index (χ1n) is 9.43. The number of hydrogen-bond acceptors (Lipinski definition) is 3. The first-order chi connectivity index (χ1) is 14.0. The average Bonchev–Trinajstić information content (AvgIpc) is 2.74. The highest BCUT2D eigenvalue weighted by Gasteiger charge is 2.09. The molecule has 0 heterocycles. The molecule has 0 spiro atoms. The van der Waals surface area contributed by atoms with E-state index >= 15 is 0 Å². The van der Waals surface area contributed by atoms with E-state index in [1.807, 2.05) is 68.4 Å². The Bertz CT molecular complexity index is 1000. The van der Waals surface area contributed by atoms with Crippen LogP contribution in [0.2, 0.25) is 0 Å². The quantitative estimate of drug-likeness (QED) is 0.636. The summed E-state index contributed by atoms with van der Waals surface area (Å²) in [6, 6.07) is 22.3. The van der Waals surface area contributed by atoms with Crippen LogP contribution in [-0.2, 0) is 11.3 Å². The molecule has 0 aromatic heterocycles. The number of benzene rings is 3. The third-order valence-electron chi connectivity index (χ3n) is 4.41. The van der Waals surface area contributed by atoms with Crippen molar-refractivity contribution in [1.29, 1.82) is 0 Å². The maximum Gasteiger partial charge on any atom is 0.258 e. The molecular formula is C24H24N2O3. The zero-order valence-corrected chi connectivity index (χ0v) is 16.6. The van der Waals surface area contributed by atoms with E-state index < -0.39 is 0 Å². The van der Waals surface area contributed by atoms with Crippen molar-refractivity contribution in [1.82, 2.24) is 5.32 Å². The van der Waals surface area contributed by atoms with Crippen LogP contribution in [0.3, 0.4) is 0 Å². The molecule has 0 fully saturated rings. The van der Waals surface area contributed by atoms with E-state index in [4.69, 9.17) is 4.74 Å². The molecular weight excluding hydrogens is 364 g/mol. The molecule has 3 aromatic carbocycles. The molecule has 3 rings (SSSR count). The lowest BCUT2D eigenvalue weighted by Gasteiger charge is -2.11. The van der Waals surface area contributed by atoms with Gasteiger partial charge in [0.2, 0.25) is 0 Å². The Kier molecular flexibility index (Phi) is 6.63. The number of aryl methyl sites for hydroxylation is 2. The maximum atomic E-state index is 12.4. The Hall–Kier alpha value is -3.60. The summed E-state index contributed by atoms with van der Waals surface area (Å²) in [5, 5.41) is 5.68. The second-order valence-corrected chi connectivity index (χ2v) is 6.85. The molecule has 0 atom stereocenters. The molecule has 0 aliphatic rings. The van der Waals surface area contributed by atoms with Crippen LogP contribution in [-0.4, -0.2) is 18.4 Å². The number of rotatable bonds is 7. The highest BCUT2D eigenvalue weighted by molar-refractivity contribution is 6.04. The number of carbonyl (C=O) groups is 2. The molecule has 29 heavy (non-hydrogen) atoms. The maximum absolute atomic E-state index is 12.4. The largest absolute Gasteiger partial charge is 0.483 e. The van der Waals surface area contributed by atoms with Gasteiger partial charge in [0.1, 0.15) is 5.75 Å². The molecule has 0 radical (unpaired) electrons. The first-order valence-corrected chi connectivity index (χ1v) is 9.43. The summed E-state index contributed by atoms with van der Waals surface area (Å²) < 4.78 is 5.62. The van der Waals surface area contributed by atoms with Gasteiger partial charge in [-0.25, -0.2) is 0 Å². The Morgan fingerprint density at radius 1 is 0.897 bits per heavy atom. The monoisotopic (exact) mass is 388 g/mol. The summed E-state index contributed by atoms with van der Waals surface area (Å²) in [5.41, 5.74) is 4.18. The van der Waals surface area contributed by atoms with Crippen LogP contribution >= 0.6 is 0 Å². The van der Waals surface area contributed by atoms with Crippen LogP contribution in [0, 0.1) is 13.8 Å². The topological polar surface area (TPSA) is 67.4 Å². The van der Waals surface area contributed by atoms with Gasteiger partial charge in [-0.3, -0.25) is 9.59 Å². The molecule has 0 saturated carbocycles. The third-order valence-corrected chi connectivity index (χ3v) is 4.41. The zero-order valence-electron chi connectivity index (χ0n) is 16.6. The van der Waals surface area contributed by atoms with Crippen molar-refractivity contribution in [3.8, 4) is 5.75 Å². The van der Waals surface area contributed by atoms with Gasteiger partial charge in [0.25, 0.3) is 11.8 Å². The van der Waals surface area contributed by atoms with E-state index in [1.165, 1.54) is 0 Å². The first kappa shape index (κ1) is 20.1. The fourth-order valence-corrected chi connectivity index (χ4v) is 2.81. The van der Waals surface area contributed by atoms with Gasteiger partial charge in [0.15, 0.2) is 6.61 Å². The standard InChI is InChI=1S/C24H24N2O3/c1-17-11-12-18(2)22(13-17)29-16-23(27)25-15-19-7-6-8-20(14-19)24(28)26-21-9-4-3-5-10-21/h3-14H,15-16H2,1-2H3,(H,25,27)(H,26,28). The van der Waals surface area contributed by atoms with E-state index in [0.29, 0.717) is 17.9 Å². The van der Waals surface area contributed by atoms with Gasteiger partial charge in [0.05, 0.1) is 0 Å². The second-order valence-electron chi connectivity index (χ2n) is 6.85. The van der Waals surface area contributed by atoms with Crippen LogP contribution in [0.1, 0.15) is 27.0 Å². The number of para-hydroxylation sites is 1. The Labute approximate surface area is 170 Å². The van der Waals surface area contributed by atoms with Gasteiger partial charge in [-0.2, -0.15) is 0 Å². The van der Waals surface area contributed by atoms with Gasteiger partial charge < -0.3 is 15.4 Å². The molecule has 2 N–H and O–H groups in total. The van der Waals surface area contributed by atoms with E-state index in [2.05, 4.69) is 10.6 Å². The predicted octanol–water partition coefficient (Wildman–Crippen LogP) is 4.25. The van der Waals surface area contributed by atoms with E-state index in [0.717, 1.165) is 22.4 Å². The number of ether oxygens (including phenoxy) is 1. The minimum atomic E-state index is -0.218. The number of anilines is 1. The van der Waals surface area contributed by atoms with E-state index in [9.17, 15) is 9.59 Å². The van der Waals surface area contributed by atoms with Crippen molar-refractivity contribution >= 4 is 17.5 Å². The zero-order chi connectivity index (χ0) is 20.6. The molecule has 0 aliphatic heterocycles. The van der Waals surface area contributed by atoms with Crippen LogP contribution in [0.25, 0.3) is 0 Å². The summed E-state index contributed by atoms with van der Waals surface area (Å²) in [5.74, 6) is 0.299. The molecule has 3 aromatic rings. The summed E-state index contributed by atoms with van der Waals surface area (Å²) >= 11 is 0. The third kappa shape index (κ3) is 5.94. The van der Waals surface area contributed by atoms with Gasteiger partial charge >= 0.3 is 0 Å². The number of nitrogens with one attached hydrogen (secondary N) is 2. The summed E-state index contributed by atoms with van der Waals surface area (Å²) in [6.45, 7) is 4.19. The number of hydrogen-bond donors (Lipinski definition) is 2. The second kappa shape index (κ2) is 9.55. The van der Waals surface area contributed by atoms with Crippen molar-refractivity contribution in [3.63, 3.8) is 0 Å². The molecule has 2 amide bonds. The predicted molar refractivity (Wildman–Crippen MR) is 114 cm³/mol. The van der Waals surface area contributed by atoms with Gasteiger partial charge in [0, 0.05) is 17.8 Å². The average molecular weight is 388 g/mol. The molecule has 5 heteroatoms. The van der Waals surface area contributed by atoms with Crippen LogP contribution in [0.4, 0.5) is 5.69 Å². The Balaban J connectivity index is 1.52. The van der Waals surface area contributed by atoms with Crippen molar-refractivity contribution in [2.45, 2.75) is 20.4 Å². The smallest absolute Gasteiger partial charge is 0.258 e. The number of amides is 2. The normalized spacial score (nSPS) is 10.3. The summed E-state index contributed by atoms with van der Waals surface area (Å²) in [7, 11) is 0. The van der Waals surface area contributed by atoms with Crippen molar-refractivity contribution in [3.05, 3.63) is 95.1 Å². The minimum Gasteiger partial charge on any atom is -0.483 e. The van der Waals surface area contributed by atoms with Crippen molar-refractivity contribution < 1.29 is 14.3 Å². The molecule has 148 valence electrons. The minimum absolute atomic E-state index is 0.0571. The highest BCUT2D eigenvalue weighted by Crippen LogP contribution is 2.18. The lowest BCUT2D eigenvalue weighted by atomic mass is 10.1. The number of carbonyl (C=O) groups excluding carboxylic acids is 2. The van der Waals surface area contributed by atoms with Gasteiger partial charge in [-0.15, -0.1) is 0 Å². The molecule has 0 saturated heterocycles. The van der Waals surface area contributed by atoms with Crippen LogP contribution in [0.15, 0.2) is 72.8 Å². The Morgan fingerprint density at radius 3 is 2.48 bits per heavy atom. The highest BCUT2D eigenvalue weighted by atomic mass is 16.5. The van der Waals surface area contributed by atoms with Crippen LogP contribution in [0.5, 0.6) is 5.75 Å². The van der Waals surface area contributed by atoms with E-state index in [1.54, 1.807) is 18.2 Å². The van der Waals surface area contributed by atoms with Gasteiger partial charge in [-0.1, -0.05) is 42.5 Å². The lowest BCUT2D eigenvalue weighted by molar-refractivity contribution is -0.123.